The molecule has 0 amide bonds. The van der Waals surface area contributed by atoms with E-state index in [-0.39, 0.29) is 11.7 Å². The summed E-state index contributed by atoms with van der Waals surface area (Å²) in [5.41, 5.74) is 2.45. The van der Waals surface area contributed by atoms with Gasteiger partial charge < -0.3 is 10.1 Å². The summed E-state index contributed by atoms with van der Waals surface area (Å²) < 4.78 is 6.14. The van der Waals surface area contributed by atoms with Crippen molar-refractivity contribution in [3.8, 4) is 0 Å². The number of rotatable bonds is 5. The highest BCUT2D eigenvalue weighted by Gasteiger charge is 2.21. The molecule has 1 N–H and O–H groups in total. The van der Waals surface area contributed by atoms with Crippen molar-refractivity contribution in [3.63, 3.8) is 0 Å². The Labute approximate surface area is 105 Å². The molecule has 17 heavy (non-hydrogen) atoms. The molecule has 1 aromatic carbocycles. The molecular formula is C15H25NO. The minimum atomic E-state index is -0.123. The van der Waals surface area contributed by atoms with Gasteiger partial charge in [0.1, 0.15) is 0 Å². The summed E-state index contributed by atoms with van der Waals surface area (Å²) in [6.07, 6.45) is 0.121. The van der Waals surface area contributed by atoms with E-state index in [9.17, 15) is 0 Å². The van der Waals surface area contributed by atoms with E-state index in [1.54, 1.807) is 0 Å². The van der Waals surface area contributed by atoms with E-state index in [1.807, 2.05) is 0 Å². The highest BCUT2D eigenvalue weighted by Crippen LogP contribution is 2.25. The Hall–Kier alpha value is -0.860. The summed E-state index contributed by atoms with van der Waals surface area (Å²) in [5.74, 6) is 0. The zero-order chi connectivity index (χ0) is 12.9. The molecule has 1 unspecified atom stereocenters. The lowest BCUT2D eigenvalue weighted by Gasteiger charge is -2.29. The summed E-state index contributed by atoms with van der Waals surface area (Å²) in [6, 6.07) is 8.44. The maximum Gasteiger partial charge on any atom is 0.0958 e. The Balaban J connectivity index is 2.86. The van der Waals surface area contributed by atoms with Crippen LogP contribution >= 0.6 is 0 Å². The van der Waals surface area contributed by atoms with Gasteiger partial charge in [-0.3, -0.25) is 0 Å². The molecule has 0 spiro atoms. The molecule has 0 saturated heterocycles. The van der Waals surface area contributed by atoms with Gasteiger partial charge in [-0.05, 0) is 45.4 Å². The third-order valence-corrected chi connectivity index (χ3v) is 2.61. The van der Waals surface area contributed by atoms with Crippen LogP contribution in [0.2, 0.25) is 0 Å². The van der Waals surface area contributed by atoms with Gasteiger partial charge in [-0.25, -0.2) is 0 Å². The first-order valence-electron chi connectivity index (χ1n) is 6.38. The van der Waals surface area contributed by atoms with Crippen molar-refractivity contribution in [2.24, 2.45) is 0 Å². The van der Waals surface area contributed by atoms with Crippen LogP contribution in [0.5, 0.6) is 0 Å². The molecule has 0 radical (unpaired) electrons. The topological polar surface area (TPSA) is 21.3 Å². The van der Waals surface area contributed by atoms with Gasteiger partial charge in [-0.15, -0.1) is 0 Å². The Morgan fingerprint density at radius 3 is 2.41 bits per heavy atom. The molecule has 2 heteroatoms. The fraction of sp³-hybridized carbons (Fsp3) is 0.600. The lowest BCUT2D eigenvalue weighted by molar-refractivity contribution is -0.0606. The molecule has 0 fully saturated rings. The Morgan fingerprint density at radius 2 is 1.88 bits per heavy atom. The lowest BCUT2D eigenvalue weighted by Crippen LogP contribution is -2.30. The number of benzene rings is 1. The molecule has 1 atom stereocenters. The first-order valence-corrected chi connectivity index (χ1v) is 6.38. The quantitative estimate of drug-likeness (QED) is 0.844. The smallest absolute Gasteiger partial charge is 0.0958 e. The highest BCUT2D eigenvalue weighted by atomic mass is 16.5. The monoisotopic (exact) mass is 235 g/mol. The lowest BCUT2D eigenvalue weighted by atomic mass is 10.0. The zero-order valence-corrected chi connectivity index (χ0v) is 11.7. The van der Waals surface area contributed by atoms with Crippen molar-refractivity contribution in [1.82, 2.24) is 5.32 Å². The summed E-state index contributed by atoms with van der Waals surface area (Å²) in [7, 11) is 0. The molecule has 0 aliphatic heterocycles. The van der Waals surface area contributed by atoms with Crippen LogP contribution < -0.4 is 5.32 Å². The van der Waals surface area contributed by atoms with Crippen molar-refractivity contribution < 1.29 is 4.74 Å². The van der Waals surface area contributed by atoms with E-state index in [0.29, 0.717) is 0 Å². The molecule has 0 saturated carbocycles. The van der Waals surface area contributed by atoms with Gasteiger partial charge in [0.15, 0.2) is 0 Å². The van der Waals surface area contributed by atoms with Crippen molar-refractivity contribution >= 4 is 0 Å². The molecule has 96 valence electrons. The number of hydrogen-bond donors (Lipinski definition) is 1. The molecule has 0 aromatic heterocycles. The maximum atomic E-state index is 6.14. The largest absolute Gasteiger partial charge is 0.367 e. The van der Waals surface area contributed by atoms with Crippen LogP contribution in [0.15, 0.2) is 24.3 Å². The number of likely N-dealkylation sites (N-methyl/N-ethyl adjacent to an activating group) is 1. The van der Waals surface area contributed by atoms with E-state index in [1.165, 1.54) is 11.1 Å². The minimum absolute atomic E-state index is 0.121. The van der Waals surface area contributed by atoms with E-state index < -0.39 is 0 Å². The summed E-state index contributed by atoms with van der Waals surface area (Å²) in [5, 5.41) is 3.37. The van der Waals surface area contributed by atoms with Gasteiger partial charge in [0, 0.05) is 6.54 Å². The summed E-state index contributed by atoms with van der Waals surface area (Å²) in [4.78, 5) is 0. The summed E-state index contributed by atoms with van der Waals surface area (Å²) in [6.45, 7) is 12.4. The van der Waals surface area contributed by atoms with Crippen LogP contribution in [-0.2, 0) is 4.74 Å². The fourth-order valence-electron chi connectivity index (χ4n) is 1.87. The Bertz CT molecular complexity index is 341. The first-order chi connectivity index (χ1) is 7.94. The average Bonchev–Trinajstić information content (AvgIpc) is 2.23. The van der Waals surface area contributed by atoms with Crippen LogP contribution in [0.4, 0.5) is 0 Å². The molecule has 1 rings (SSSR count). The highest BCUT2D eigenvalue weighted by molar-refractivity contribution is 5.28. The minimum Gasteiger partial charge on any atom is -0.367 e. The molecule has 0 bridgehead atoms. The number of nitrogens with one attached hydrogen (secondary N) is 1. The molecular weight excluding hydrogens is 210 g/mol. The molecule has 0 heterocycles. The SMILES string of the molecule is CCNCC(OC(C)(C)C)c1ccccc1C. The van der Waals surface area contributed by atoms with Crippen LogP contribution in [0.1, 0.15) is 44.9 Å². The van der Waals surface area contributed by atoms with Crippen molar-refractivity contribution in [3.05, 3.63) is 35.4 Å². The van der Waals surface area contributed by atoms with Crippen molar-refractivity contribution in [1.29, 1.82) is 0 Å². The van der Waals surface area contributed by atoms with E-state index in [0.717, 1.165) is 13.1 Å². The zero-order valence-electron chi connectivity index (χ0n) is 11.7. The van der Waals surface area contributed by atoms with Crippen LogP contribution in [0, 0.1) is 6.92 Å². The standard InChI is InChI=1S/C15H25NO/c1-6-16-11-14(17-15(3,4)5)13-10-8-7-9-12(13)2/h7-10,14,16H,6,11H2,1-5H3. The second-order valence-electron chi connectivity index (χ2n) is 5.38. The Morgan fingerprint density at radius 1 is 1.24 bits per heavy atom. The molecule has 0 aliphatic rings. The normalized spacial score (nSPS) is 13.7. The van der Waals surface area contributed by atoms with E-state index in [2.05, 4.69) is 64.2 Å². The first kappa shape index (κ1) is 14.2. The molecule has 2 nitrogen and oxygen atoms in total. The van der Waals surface area contributed by atoms with Gasteiger partial charge in [0.25, 0.3) is 0 Å². The van der Waals surface area contributed by atoms with E-state index >= 15 is 0 Å². The third kappa shape index (κ3) is 4.88. The second kappa shape index (κ2) is 6.18. The van der Waals surface area contributed by atoms with Gasteiger partial charge in [0.05, 0.1) is 11.7 Å². The number of aryl methyl sites for hydroxylation is 1. The van der Waals surface area contributed by atoms with Crippen LogP contribution in [0.3, 0.4) is 0 Å². The number of hydrogen-bond acceptors (Lipinski definition) is 2. The molecule has 0 aliphatic carbocycles. The molecule has 1 aromatic rings. The second-order valence-corrected chi connectivity index (χ2v) is 5.38. The van der Waals surface area contributed by atoms with Gasteiger partial charge in [-0.1, -0.05) is 31.2 Å². The maximum absolute atomic E-state index is 6.14. The predicted molar refractivity (Wildman–Crippen MR) is 73.3 cm³/mol. The third-order valence-electron chi connectivity index (χ3n) is 2.61. The van der Waals surface area contributed by atoms with Crippen molar-refractivity contribution in [2.75, 3.05) is 13.1 Å². The van der Waals surface area contributed by atoms with Gasteiger partial charge >= 0.3 is 0 Å². The van der Waals surface area contributed by atoms with Crippen LogP contribution in [0.25, 0.3) is 0 Å². The van der Waals surface area contributed by atoms with Crippen molar-refractivity contribution in [2.45, 2.75) is 46.3 Å². The fourth-order valence-corrected chi connectivity index (χ4v) is 1.87. The predicted octanol–water partition coefficient (Wildman–Crippen LogP) is 3.46. The average molecular weight is 235 g/mol. The van der Waals surface area contributed by atoms with Gasteiger partial charge in [0.2, 0.25) is 0 Å². The number of ether oxygens (including phenoxy) is 1. The summed E-state index contributed by atoms with van der Waals surface area (Å²) >= 11 is 0. The van der Waals surface area contributed by atoms with Gasteiger partial charge in [-0.2, -0.15) is 0 Å². The van der Waals surface area contributed by atoms with E-state index in [4.69, 9.17) is 4.74 Å². The van der Waals surface area contributed by atoms with Crippen LogP contribution in [-0.4, -0.2) is 18.7 Å². The Kier molecular flexibility index (Phi) is 5.16.